The molecule has 1 unspecified atom stereocenters. The van der Waals surface area contributed by atoms with Gasteiger partial charge in [-0.2, -0.15) is 4.31 Å². The molecule has 0 radical (unpaired) electrons. The summed E-state index contributed by atoms with van der Waals surface area (Å²) < 4.78 is 32.2. The maximum absolute atomic E-state index is 12.9. The summed E-state index contributed by atoms with van der Waals surface area (Å²) in [5.41, 5.74) is 0.362. The van der Waals surface area contributed by atoms with Crippen LogP contribution in [0.15, 0.2) is 9.42 Å². The molecule has 1 atom stereocenters. The SMILES string of the molecule is CCCCN(C)C(=O)C1CCCN(S(=O)(=O)c2c(C)noc2C)C1. The van der Waals surface area contributed by atoms with Crippen molar-refractivity contribution in [2.24, 2.45) is 5.92 Å². The van der Waals surface area contributed by atoms with Crippen molar-refractivity contribution in [3.05, 3.63) is 11.5 Å². The first-order chi connectivity index (χ1) is 11.3. The van der Waals surface area contributed by atoms with Gasteiger partial charge in [-0.1, -0.05) is 18.5 Å². The molecule has 1 fully saturated rings. The van der Waals surface area contributed by atoms with E-state index < -0.39 is 10.0 Å². The highest BCUT2D eigenvalue weighted by Crippen LogP contribution is 2.28. The lowest BCUT2D eigenvalue weighted by molar-refractivity contribution is -0.135. The smallest absolute Gasteiger partial charge is 0.248 e. The minimum absolute atomic E-state index is 0.0297. The number of nitrogens with zero attached hydrogens (tertiary/aromatic N) is 3. The van der Waals surface area contributed by atoms with Gasteiger partial charge in [0.1, 0.15) is 10.6 Å². The molecule has 1 amide bonds. The maximum Gasteiger partial charge on any atom is 0.248 e. The molecule has 0 N–H and O–H groups in total. The number of sulfonamides is 1. The van der Waals surface area contributed by atoms with Crippen molar-refractivity contribution < 1.29 is 17.7 Å². The second-order valence-corrected chi connectivity index (χ2v) is 8.34. The molecule has 0 aliphatic carbocycles. The zero-order chi connectivity index (χ0) is 17.9. The Bertz CT molecular complexity index is 664. The average molecular weight is 357 g/mol. The van der Waals surface area contributed by atoms with E-state index in [4.69, 9.17) is 4.52 Å². The first-order valence-electron chi connectivity index (χ1n) is 8.47. The van der Waals surface area contributed by atoms with E-state index in [1.165, 1.54) is 4.31 Å². The minimum atomic E-state index is -3.68. The van der Waals surface area contributed by atoms with Crippen molar-refractivity contribution in [1.29, 1.82) is 0 Å². The highest BCUT2D eigenvalue weighted by atomic mass is 32.2. The average Bonchev–Trinajstić information content (AvgIpc) is 2.91. The van der Waals surface area contributed by atoms with E-state index in [0.717, 1.165) is 19.3 Å². The van der Waals surface area contributed by atoms with E-state index in [-0.39, 0.29) is 23.3 Å². The summed E-state index contributed by atoms with van der Waals surface area (Å²) in [4.78, 5) is 14.4. The maximum atomic E-state index is 12.9. The number of hydrogen-bond donors (Lipinski definition) is 0. The van der Waals surface area contributed by atoms with E-state index >= 15 is 0 Å². The van der Waals surface area contributed by atoms with E-state index in [1.807, 2.05) is 0 Å². The topological polar surface area (TPSA) is 83.7 Å². The summed E-state index contributed by atoms with van der Waals surface area (Å²) in [6, 6.07) is 0. The van der Waals surface area contributed by atoms with Crippen LogP contribution in [0.1, 0.15) is 44.1 Å². The third kappa shape index (κ3) is 3.80. The van der Waals surface area contributed by atoms with Gasteiger partial charge in [-0.15, -0.1) is 0 Å². The number of aryl methyl sites for hydroxylation is 2. The molecule has 8 heteroatoms. The first kappa shape index (κ1) is 18.9. The fraction of sp³-hybridized carbons (Fsp3) is 0.750. The lowest BCUT2D eigenvalue weighted by atomic mass is 9.98. The summed E-state index contributed by atoms with van der Waals surface area (Å²) in [7, 11) is -1.89. The Labute approximate surface area is 144 Å². The predicted molar refractivity (Wildman–Crippen MR) is 90.0 cm³/mol. The molecule has 2 rings (SSSR count). The van der Waals surface area contributed by atoms with Crippen molar-refractivity contribution in [1.82, 2.24) is 14.4 Å². The number of carbonyl (C=O) groups excluding carboxylic acids is 1. The Balaban J connectivity index is 2.14. The largest absolute Gasteiger partial charge is 0.360 e. The normalized spacial score (nSPS) is 19.4. The van der Waals surface area contributed by atoms with Crippen LogP contribution < -0.4 is 0 Å². The lowest BCUT2D eigenvalue weighted by Gasteiger charge is -2.33. The van der Waals surface area contributed by atoms with Crippen molar-refractivity contribution >= 4 is 15.9 Å². The second-order valence-electron chi connectivity index (χ2n) is 6.47. The summed E-state index contributed by atoms with van der Waals surface area (Å²) in [5.74, 6) is 0.0407. The molecule has 0 aromatic carbocycles. The molecule has 2 heterocycles. The molecule has 136 valence electrons. The van der Waals surface area contributed by atoms with Crippen LogP contribution in [-0.2, 0) is 14.8 Å². The lowest BCUT2D eigenvalue weighted by Crippen LogP contribution is -2.46. The molecule has 0 saturated carbocycles. The number of piperidine rings is 1. The Hall–Kier alpha value is -1.41. The molecule has 24 heavy (non-hydrogen) atoms. The van der Waals surface area contributed by atoms with E-state index in [2.05, 4.69) is 12.1 Å². The Morgan fingerprint density at radius 1 is 1.42 bits per heavy atom. The van der Waals surface area contributed by atoms with Gasteiger partial charge >= 0.3 is 0 Å². The van der Waals surface area contributed by atoms with Gasteiger partial charge in [0, 0.05) is 26.7 Å². The summed E-state index contributed by atoms with van der Waals surface area (Å²) in [6.07, 6.45) is 3.38. The number of carbonyl (C=O) groups is 1. The van der Waals surface area contributed by atoms with Crippen LogP contribution in [0.25, 0.3) is 0 Å². The van der Waals surface area contributed by atoms with Crippen molar-refractivity contribution in [3.63, 3.8) is 0 Å². The Morgan fingerprint density at radius 2 is 2.12 bits per heavy atom. The number of aromatic nitrogens is 1. The number of unbranched alkanes of at least 4 members (excludes halogenated alkanes) is 1. The molecular formula is C16H27N3O4S. The quantitative estimate of drug-likeness (QED) is 0.777. The fourth-order valence-corrected chi connectivity index (χ4v) is 4.97. The van der Waals surface area contributed by atoms with E-state index in [0.29, 0.717) is 31.0 Å². The molecule has 1 saturated heterocycles. The third-order valence-electron chi connectivity index (χ3n) is 4.52. The van der Waals surface area contributed by atoms with Gasteiger partial charge in [-0.05, 0) is 33.1 Å². The van der Waals surface area contributed by atoms with Crippen LogP contribution >= 0.6 is 0 Å². The van der Waals surface area contributed by atoms with Gasteiger partial charge in [0.25, 0.3) is 0 Å². The van der Waals surface area contributed by atoms with Crippen LogP contribution in [0.5, 0.6) is 0 Å². The number of rotatable bonds is 6. The molecular weight excluding hydrogens is 330 g/mol. The molecule has 1 aliphatic heterocycles. The van der Waals surface area contributed by atoms with Crippen molar-refractivity contribution in [3.8, 4) is 0 Å². The molecule has 1 aliphatic rings. The second kappa shape index (κ2) is 7.65. The Kier molecular flexibility index (Phi) is 6.03. The molecule has 0 spiro atoms. The standard InChI is InChI=1S/C16H27N3O4S/c1-5-6-9-18(4)16(20)14-8-7-10-19(11-14)24(21,22)15-12(2)17-23-13(15)3/h14H,5-11H2,1-4H3. The molecule has 0 bridgehead atoms. The molecule has 1 aromatic rings. The Morgan fingerprint density at radius 3 is 2.71 bits per heavy atom. The summed E-state index contributed by atoms with van der Waals surface area (Å²) in [5, 5.41) is 3.74. The monoisotopic (exact) mass is 357 g/mol. The van der Waals surface area contributed by atoms with Crippen molar-refractivity contribution in [2.45, 2.75) is 51.3 Å². The summed E-state index contributed by atoms with van der Waals surface area (Å²) in [6.45, 7) is 6.66. The van der Waals surface area contributed by atoms with Gasteiger partial charge < -0.3 is 9.42 Å². The number of hydrogen-bond acceptors (Lipinski definition) is 5. The van der Waals surface area contributed by atoms with Crippen LogP contribution in [0.4, 0.5) is 0 Å². The van der Waals surface area contributed by atoms with Gasteiger partial charge in [0.15, 0.2) is 5.76 Å². The van der Waals surface area contributed by atoms with Crippen LogP contribution in [0, 0.1) is 19.8 Å². The zero-order valence-corrected chi connectivity index (χ0v) is 15.7. The number of amides is 1. The fourth-order valence-electron chi connectivity index (χ4n) is 3.15. The highest BCUT2D eigenvalue weighted by molar-refractivity contribution is 7.89. The zero-order valence-electron chi connectivity index (χ0n) is 14.9. The van der Waals surface area contributed by atoms with Crippen molar-refractivity contribution in [2.75, 3.05) is 26.7 Å². The van der Waals surface area contributed by atoms with Crippen LogP contribution in [0.3, 0.4) is 0 Å². The predicted octanol–water partition coefficient (Wildman–Crippen LogP) is 1.95. The van der Waals surface area contributed by atoms with Gasteiger partial charge in [0.2, 0.25) is 15.9 Å². The molecule has 7 nitrogen and oxygen atoms in total. The van der Waals surface area contributed by atoms with E-state index in [1.54, 1.807) is 25.8 Å². The highest BCUT2D eigenvalue weighted by Gasteiger charge is 2.37. The van der Waals surface area contributed by atoms with Gasteiger partial charge in [-0.3, -0.25) is 4.79 Å². The minimum Gasteiger partial charge on any atom is -0.360 e. The van der Waals surface area contributed by atoms with Crippen LogP contribution in [-0.4, -0.2) is 55.4 Å². The molecule has 1 aromatic heterocycles. The van der Waals surface area contributed by atoms with Gasteiger partial charge in [0.05, 0.1) is 5.92 Å². The van der Waals surface area contributed by atoms with Crippen LogP contribution in [0.2, 0.25) is 0 Å². The van der Waals surface area contributed by atoms with Gasteiger partial charge in [-0.25, -0.2) is 8.42 Å². The summed E-state index contributed by atoms with van der Waals surface area (Å²) >= 11 is 0. The van der Waals surface area contributed by atoms with E-state index in [9.17, 15) is 13.2 Å². The third-order valence-corrected chi connectivity index (χ3v) is 6.63. The first-order valence-corrected chi connectivity index (χ1v) is 9.91.